The minimum atomic E-state index is -4.34. The molecule has 1 N–H and O–H groups in total. The lowest BCUT2D eigenvalue weighted by Crippen LogP contribution is -2.47. The molecule has 2 atom stereocenters. The number of hydrogen-bond donors (Lipinski definition) is 1. The van der Waals surface area contributed by atoms with Gasteiger partial charge < -0.3 is 14.6 Å². The molecule has 0 spiro atoms. The number of aromatic amines is 1. The number of benzene rings is 1. The predicted octanol–water partition coefficient (Wildman–Crippen LogP) is 6.54. The summed E-state index contributed by atoms with van der Waals surface area (Å²) in [6, 6.07) is 4.06. The number of halogens is 3. The molecule has 2 fully saturated rings. The van der Waals surface area contributed by atoms with Crippen molar-refractivity contribution >= 4 is 33.5 Å². The van der Waals surface area contributed by atoms with Gasteiger partial charge in [0, 0.05) is 54.1 Å². The standard InChI is InChI=1S/C28H34F3N3O2S.C2H6/c29-28(30,31)20-2-3-23-22(16-20)21-14-19-17-34(9-4-18(19)15-24(21)33-23)10-5-27(6-11-36-12-7-27)25(35)26-32-8-1-13-37-26;1-2/h2-3,16,18-19,33H,1,4-15,17H2;1-2H3. The van der Waals surface area contributed by atoms with Gasteiger partial charge in [0.15, 0.2) is 5.78 Å². The molecule has 0 bridgehead atoms. The van der Waals surface area contributed by atoms with Crippen LogP contribution >= 0.6 is 11.8 Å². The fourth-order valence-electron chi connectivity index (χ4n) is 6.82. The zero-order valence-electron chi connectivity index (χ0n) is 23.0. The number of carbonyl (C=O) groups excluding carboxylic acids is 1. The Kier molecular flexibility index (Phi) is 8.79. The van der Waals surface area contributed by atoms with Gasteiger partial charge in [-0.1, -0.05) is 13.8 Å². The summed E-state index contributed by atoms with van der Waals surface area (Å²) in [5, 5.41) is 1.43. The second kappa shape index (κ2) is 12.0. The number of hydrogen-bond acceptors (Lipinski definition) is 5. The van der Waals surface area contributed by atoms with Crippen molar-refractivity contribution in [2.45, 2.75) is 65.0 Å². The maximum Gasteiger partial charge on any atom is 0.416 e. The molecule has 4 heterocycles. The summed E-state index contributed by atoms with van der Waals surface area (Å²) < 4.78 is 45.7. The predicted molar refractivity (Wildman–Crippen MR) is 152 cm³/mol. The van der Waals surface area contributed by atoms with Crippen molar-refractivity contribution in [1.82, 2.24) is 9.88 Å². The molecule has 0 amide bonds. The highest BCUT2D eigenvalue weighted by Crippen LogP contribution is 2.42. The average molecular weight is 564 g/mol. The Morgan fingerprint density at radius 1 is 1.21 bits per heavy atom. The molecule has 2 unspecified atom stereocenters. The number of alkyl halides is 3. The Bertz CT molecular complexity index is 1200. The number of aliphatic imine (C=N–C) groups is 1. The van der Waals surface area contributed by atoms with E-state index in [4.69, 9.17) is 4.74 Å². The highest BCUT2D eigenvalue weighted by atomic mass is 32.2. The number of nitrogens with zero attached hydrogens (tertiary/aromatic N) is 2. The number of piperidine rings is 1. The van der Waals surface area contributed by atoms with E-state index >= 15 is 0 Å². The van der Waals surface area contributed by atoms with Crippen LogP contribution in [0.1, 0.15) is 62.8 Å². The third-order valence-corrected chi connectivity index (χ3v) is 10.1. The third kappa shape index (κ3) is 5.96. The monoisotopic (exact) mass is 563 g/mol. The van der Waals surface area contributed by atoms with Crippen LogP contribution in [0.3, 0.4) is 0 Å². The highest BCUT2D eigenvalue weighted by molar-refractivity contribution is 8.15. The van der Waals surface area contributed by atoms with Crippen LogP contribution in [0, 0.1) is 17.3 Å². The molecule has 5 nitrogen and oxygen atoms in total. The Balaban J connectivity index is 0.00000151. The Morgan fingerprint density at radius 3 is 2.72 bits per heavy atom. The largest absolute Gasteiger partial charge is 0.416 e. The third-order valence-electron chi connectivity index (χ3n) is 9.06. The van der Waals surface area contributed by atoms with Gasteiger partial charge in [-0.05, 0) is 93.6 Å². The first-order valence-electron chi connectivity index (χ1n) is 14.6. The SMILES string of the molecule is CC.O=C(C1=NCCCS1)C1(CCN2CCC3Cc4[nH]c5ccc(C(F)(F)F)cc5c4CC3C2)CCOCC1. The van der Waals surface area contributed by atoms with Crippen molar-refractivity contribution in [3.05, 3.63) is 35.0 Å². The summed E-state index contributed by atoms with van der Waals surface area (Å²) in [5.41, 5.74) is 2.01. The van der Waals surface area contributed by atoms with Crippen molar-refractivity contribution in [1.29, 1.82) is 0 Å². The quantitative estimate of drug-likeness (QED) is 0.449. The number of likely N-dealkylation sites (tertiary alicyclic amines) is 1. The first-order chi connectivity index (χ1) is 18.8. The number of ketones is 1. The molecule has 6 rings (SSSR count). The first kappa shape index (κ1) is 28.7. The van der Waals surface area contributed by atoms with E-state index in [0.717, 1.165) is 99.0 Å². The maximum absolute atomic E-state index is 13.6. The lowest BCUT2D eigenvalue weighted by atomic mass is 9.72. The van der Waals surface area contributed by atoms with Gasteiger partial charge in [0.2, 0.25) is 0 Å². The summed E-state index contributed by atoms with van der Waals surface area (Å²) in [6.07, 6.45) is 1.82. The van der Waals surface area contributed by atoms with Crippen molar-refractivity contribution in [2.24, 2.45) is 22.2 Å². The van der Waals surface area contributed by atoms with E-state index in [1.807, 2.05) is 13.8 Å². The summed E-state index contributed by atoms with van der Waals surface area (Å²) >= 11 is 1.61. The van der Waals surface area contributed by atoms with Gasteiger partial charge in [0.1, 0.15) is 5.04 Å². The van der Waals surface area contributed by atoms with E-state index < -0.39 is 11.7 Å². The van der Waals surface area contributed by atoms with Gasteiger partial charge in [0.25, 0.3) is 0 Å². The summed E-state index contributed by atoms with van der Waals surface area (Å²) in [7, 11) is 0. The summed E-state index contributed by atoms with van der Waals surface area (Å²) in [4.78, 5) is 24.1. The molecule has 214 valence electrons. The number of H-pyrrole nitrogens is 1. The van der Waals surface area contributed by atoms with Crippen LogP contribution in [0.2, 0.25) is 0 Å². The molecule has 3 aliphatic heterocycles. The van der Waals surface area contributed by atoms with E-state index in [2.05, 4.69) is 14.9 Å². The molecule has 9 heteroatoms. The van der Waals surface area contributed by atoms with Crippen LogP contribution in [-0.4, -0.2) is 65.9 Å². The van der Waals surface area contributed by atoms with Crippen LogP contribution in [0.15, 0.2) is 23.2 Å². The summed E-state index contributed by atoms with van der Waals surface area (Å²) in [5.74, 6) is 2.16. The van der Waals surface area contributed by atoms with Crippen molar-refractivity contribution in [2.75, 3.05) is 45.1 Å². The molecular formula is C30H40F3N3O2S. The Morgan fingerprint density at radius 2 is 2.00 bits per heavy atom. The minimum absolute atomic E-state index is 0.219. The number of rotatable bonds is 5. The molecule has 1 aromatic carbocycles. The fraction of sp³-hybridized carbons (Fsp3) is 0.667. The smallest absolute Gasteiger partial charge is 0.381 e. The van der Waals surface area contributed by atoms with Gasteiger partial charge in [0.05, 0.1) is 5.56 Å². The number of ether oxygens (including phenoxy) is 1. The fourth-order valence-corrected chi connectivity index (χ4v) is 7.82. The normalized spacial score (nSPS) is 25.2. The molecule has 0 radical (unpaired) electrons. The zero-order valence-corrected chi connectivity index (χ0v) is 23.9. The van der Waals surface area contributed by atoms with Gasteiger partial charge >= 0.3 is 6.18 Å². The van der Waals surface area contributed by atoms with E-state index in [0.29, 0.717) is 30.1 Å². The molecule has 2 aromatic rings. The van der Waals surface area contributed by atoms with Crippen molar-refractivity contribution < 1.29 is 22.7 Å². The van der Waals surface area contributed by atoms with Crippen molar-refractivity contribution in [3.63, 3.8) is 0 Å². The second-order valence-electron chi connectivity index (χ2n) is 11.2. The van der Waals surface area contributed by atoms with Gasteiger partial charge in [-0.25, -0.2) is 0 Å². The lowest BCUT2D eigenvalue weighted by Gasteiger charge is -2.43. The topological polar surface area (TPSA) is 57.7 Å². The van der Waals surface area contributed by atoms with E-state index in [1.165, 1.54) is 12.1 Å². The van der Waals surface area contributed by atoms with E-state index in [9.17, 15) is 18.0 Å². The molecule has 4 aliphatic rings. The molecule has 2 saturated heterocycles. The number of nitrogens with one attached hydrogen (secondary N) is 1. The van der Waals surface area contributed by atoms with Crippen LogP contribution < -0.4 is 0 Å². The second-order valence-corrected chi connectivity index (χ2v) is 12.3. The summed E-state index contributed by atoms with van der Waals surface area (Å²) in [6.45, 7) is 8.80. The Hall–Kier alpha value is -1.84. The zero-order chi connectivity index (χ0) is 27.6. The number of aromatic nitrogens is 1. The molecule has 39 heavy (non-hydrogen) atoms. The van der Waals surface area contributed by atoms with Gasteiger partial charge in [-0.15, -0.1) is 11.8 Å². The van der Waals surface area contributed by atoms with Gasteiger partial charge in [-0.3, -0.25) is 9.79 Å². The lowest BCUT2D eigenvalue weighted by molar-refractivity contribution is -0.137. The maximum atomic E-state index is 13.6. The van der Waals surface area contributed by atoms with E-state index in [-0.39, 0.29) is 11.2 Å². The molecular weight excluding hydrogens is 523 g/mol. The number of carbonyl (C=O) groups is 1. The molecule has 0 saturated carbocycles. The Labute approximate surface area is 233 Å². The van der Waals surface area contributed by atoms with Crippen molar-refractivity contribution in [3.8, 4) is 0 Å². The van der Waals surface area contributed by atoms with Crippen LogP contribution in [-0.2, 0) is 28.5 Å². The number of thioether (sulfide) groups is 1. The first-order valence-corrected chi connectivity index (χ1v) is 15.5. The van der Waals surface area contributed by atoms with E-state index in [1.54, 1.807) is 17.8 Å². The molecule has 1 aromatic heterocycles. The average Bonchev–Trinajstić information content (AvgIpc) is 3.32. The van der Waals surface area contributed by atoms with Crippen LogP contribution in [0.5, 0.6) is 0 Å². The van der Waals surface area contributed by atoms with Crippen LogP contribution in [0.25, 0.3) is 10.9 Å². The number of Topliss-reactive ketones (excluding diaryl/α,β-unsaturated/α-hetero) is 1. The van der Waals surface area contributed by atoms with Gasteiger partial charge in [-0.2, -0.15) is 13.2 Å². The minimum Gasteiger partial charge on any atom is -0.381 e. The van der Waals surface area contributed by atoms with Crippen LogP contribution in [0.4, 0.5) is 13.2 Å². The number of fused-ring (bicyclic) bond motifs is 4. The molecule has 1 aliphatic carbocycles. The highest BCUT2D eigenvalue weighted by Gasteiger charge is 2.43.